The molecule has 100 valence electrons. The molecule has 1 N–H and O–H groups in total. The third-order valence-corrected chi connectivity index (χ3v) is 3.52. The van der Waals surface area contributed by atoms with Crippen molar-refractivity contribution in [3.8, 4) is 0 Å². The molecule has 0 saturated carbocycles. The van der Waals surface area contributed by atoms with Crippen molar-refractivity contribution in [1.29, 1.82) is 0 Å². The van der Waals surface area contributed by atoms with E-state index in [9.17, 15) is 9.90 Å². The number of carbonyl (C=O) groups excluding carboxylic acids is 1. The number of ketones is 1. The number of Topliss-reactive ketones (excluding diaryl/α,β-unsaturated/α-hetero) is 1. The monoisotopic (exact) mass is 242 g/mol. The maximum absolute atomic E-state index is 11.4. The van der Waals surface area contributed by atoms with E-state index in [0.717, 1.165) is 25.7 Å². The lowest BCUT2D eigenvalue weighted by Gasteiger charge is -2.33. The summed E-state index contributed by atoms with van der Waals surface area (Å²) in [6, 6.07) is 0. The van der Waals surface area contributed by atoms with Gasteiger partial charge >= 0.3 is 0 Å². The fraction of sp³-hybridized carbons (Fsp3) is 0.929. The number of unbranched alkanes of at least 4 members (excludes halogenated alkanes) is 2. The third kappa shape index (κ3) is 5.17. The number of hydrogen-bond donors (Lipinski definition) is 1. The van der Waals surface area contributed by atoms with Gasteiger partial charge in [-0.25, -0.2) is 0 Å². The highest BCUT2D eigenvalue weighted by Crippen LogP contribution is 2.25. The first-order chi connectivity index (χ1) is 8.17. The number of aliphatic hydroxyl groups is 1. The Bertz CT molecular complexity index is 228. The van der Waals surface area contributed by atoms with E-state index in [-0.39, 0.29) is 24.1 Å². The average molecular weight is 242 g/mol. The summed E-state index contributed by atoms with van der Waals surface area (Å²) in [6.07, 6.45) is 6.75. The van der Waals surface area contributed by atoms with Crippen LogP contribution < -0.4 is 0 Å². The van der Waals surface area contributed by atoms with Crippen LogP contribution in [0.4, 0.5) is 0 Å². The second-order valence-corrected chi connectivity index (χ2v) is 5.03. The molecule has 1 rings (SSSR count). The topological polar surface area (TPSA) is 46.5 Å². The molecule has 3 atom stereocenters. The van der Waals surface area contributed by atoms with Crippen LogP contribution >= 0.6 is 0 Å². The van der Waals surface area contributed by atoms with Crippen LogP contribution in [0.5, 0.6) is 0 Å². The molecule has 0 spiro atoms. The van der Waals surface area contributed by atoms with Gasteiger partial charge in [-0.05, 0) is 19.3 Å². The Morgan fingerprint density at radius 3 is 2.71 bits per heavy atom. The van der Waals surface area contributed by atoms with E-state index in [0.29, 0.717) is 12.8 Å². The Morgan fingerprint density at radius 1 is 1.29 bits per heavy atom. The van der Waals surface area contributed by atoms with Crippen LogP contribution in [0.15, 0.2) is 0 Å². The van der Waals surface area contributed by atoms with Crippen LogP contribution in [0.1, 0.15) is 65.2 Å². The van der Waals surface area contributed by atoms with E-state index in [4.69, 9.17) is 4.74 Å². The molecular formula is C14H26O3. The summed E-state index contributed by atoms with van der Waals surface area (Å²) in [4.78, 5) is 11.4. The number of aliphatic hydroxyl groups excluding tert-OH is 1. The van der Waals surface area contributed by atoms with Crippen molar-refractivity contribution in [2.24, 2.45) is 0 Å². The summed E-state index contributed by atoms with van der Waals surface area (Å²) in [6.45, 7) is 4.06. The number of rotatable bonds is 7. The molecule has 17 heavy (non-hydrogen) atoms. The lowest BCUT2D eigenvalue weighted by atomic mass is 9.94. The SMILES string of the molecule is CCCCCC1OC(CC(=O)CC)CCC1O. The molecule has 0 aliphatic carbocycles. The minimum absolute atomic E-state index is 0.0393. The predicted molar refractivity (Wildman–Crippen MR) is 68.0 cm³/mol. The molecule has 1 aliphatic heterocycles. The van der Waals surface area contributed by atoms with Crippen LogP contribution in [-0.4, -0.2) is 29.2 Å². The summed E-state index contributed by atoms with van der Waals surface area (Å²) < 4.78 is 5.85. The zero-order valence-corrected chi connectivity index (χ0v) is 11.2. The fourth-order valence-corrected chi connectivity index (χ4v) is 2.35. The van der Waals surface area contributed by atoms with Crippen LogP contribution in [0.3, 0.4) is 0 Å². The van der Waals surface area contributed by atoms with Crippen molar-refractivity contribution < 1.29 is 14.6 Å². The Morgan fingerprint density at radius 2 is 2.06 bits per heavy atom. The summed E-state index contributed by atoms with van der Waals surface area (Å²) in [5, 5.41) is 9.87. The zero-order valence-electron chi connectivity index (χ0n) is 11.2. The zero-order chi connectivity index (χ0) is 12.7. The van der Waals surface area contributed by atoms with E-state index in [1.54, 1.807) is 0 Å². The average Bonchev–Trinajstić information content (AvgIpc) is 2.33. The first-order valence-corrected chi connectivity index (χ1v) is 7.02. The first kappa shape index (κ1) is 14.7. The smallest absolute Gasteiger partial charge is 0.135 e. The molecule has 1 fully saturated rings. The van der Waals surface area contributed by atoms with Gasteiger partial charge in [0.05, 0.1) is 18.3 Å². The van der Waals surface area contributed by atoms with Gasteiger partial charge in [0.1, 0.15) is 5.78 Å². The van der Waals surface area contributed by atoms with E-state index < -0.39 is 0 Å². The van der Waals surface area contributed by atoms with Gasteiger partial charge in [-0.3, -0.25) is 4.79 Å². The second-order valence-electron chi connectivity index (χ2n) is 5.03. The summed E-state index contributed by atoms with van der Waals surface area (Å²) in [7, 11) is 0. The number of carbonyl (C=O) groups is 1. The normalized spacial score (nSPS) is 29.2. The van der Waals surface area contributed by atoms with Gasteiger partial charge in [0.25, 0.3) is 0 Å². The second kappa shape index (κ2) is 7.83. The molecule has 0 radical (unpaired) electrons. The molecule has 0 amide bonds. The maximum atomic E-state index is 11.4. The summed E-state index contributed by atoms with van der Waals surface area (Å²) >= 11 is 0. The lowest BCUT2D eigenvalue weighted by molar-refractivity contribution is -0.137. The Kier molecular flexibility index (Phi) is 6.75. The van der Waals surface area contributed by atoms with Crippen LogP contribution in [0, 0.1) is 0 Å². The van der Waals surface area contributed by atoms with Gasteiger partial charge in [-0.15, -0.1) is 0 Å². The van der Waals surface area contributed by atoms with Crippen LogP contribution in [0.2, 0.25) is 0 Å². The molecule has 1 heterocycles. The van der Waals surface area contributed by atoms with Crippen LogP contribution in [-0.2, 0) is 9.53 Å². The van der Waals surface area contributed by atoms with Gasteiger partial charge in [-0.2, -0.15) is 0 Å². The fourth-order valence-electron chi connectivity index (χ4n) is 2.35. The Labute approximate surface area is 105 Å². The molecule has 0 aromatic carbocycles. The van der Waals surface area contributed by atoms with Gasteiger partial charge in [0.2, 0.25) is 0 Å². The molecule has 0 bridgehead atoms. The Balaban J connectivity index is 2.33. The molecule has 3 nitrogen and oxygen atoms in total. The quantitative estimate of drug-likeness (QED) is 0.698. The molecule has 3 heteroatoms. The highest BCUT2D eigenvalue weighted by molar-refractivity contribution is 5.78. The van der Waals surface area contributed by atoms with Crippen molar-refractivity contribution in [3.05, 3.63) is 0 Å². The highest BCUT2D eigenvalue weighted by atomic mass is 16.5. The van der Waals surface area contributed by atoms with E-state index in [1.807, 2.05) is 6.92 Å². The Hall–Kier alpha value is -0.410. The molecule has 1 aliphatic rings. The van der Waals surface area contributed by atoms with Crippen LogP contribution in [0.25, 0.3) is 0 Å². The van der Waals surface area contributed by atoms with Gasteiger partial charge in [-0.1, -0.05) is 33.1 Å². The van der Waals surface area contributed by atoms with E-state index in [1.165, 1.54) is 12.8 Å². The van der Waals surface area contributed by atoms with Crippen molar-refractivity contribution in [1.82, 2.24) is 0 Å². The lowest BCUT2D eigenvalue weighted by Crippen LogP contribution is -2.39. The predicted octanol–water partition coefficient (Wildman–Crippen LogP) is 2.84. The molecular weight excluding hydrogens is 216 g/mol. The molecule has 1 saturated heterocycles. The van der Waals surface area contributed by atoms with E-state index in [2.05, 4.69) is 6.92 Å². The minimum Gasteiger partial charge on any atom is -0.390 e. The molecule has 0 aromatic heterocycles. The highest BCUT2D eigenvalue weighted by Gasteiger charge is 2.30. The standard InChI is InChI=1S/C14H26O3/c1-3-5-6-7-14-13(16)9-8-12(17-14)10-11(15)4-2/h12-14,16H,3-10H2,1-2H3. The molecule has 3 unspecified atom stereocenters. The van der Waals surface area contributed by atoms with Gasteiger partial charge < -0.3 is 9.84 Å². The van der Waals surface area contributed by atoms with Gasteiger partial charge in [0, 0.05) is 12.8 Å². The third-order valence-electron chi connectivity index (χ3n) is 3.52. The van der Waals surface area contributed by atoms with Crippen molar-refractivity contribution in [2.45, 2.75) is 83.5 Å². The first-order valence-electron chi connectivity index (χ1n) is 7.02. The van der Waals surface area contributed by atoms with Crippen molar-refractivity contribution >= 4 is 5.78 Å². The largest absolute Gasteiger partial charge is 0.390 e. The van der Waals surface area contributed by atoms with Gasteiger partial charge in [0.15, 0.2) is 0 Å². The van der Waals surface area contributed by atoms with E-state index >= 15 is 0 Å². The maximum Gasteiger partial charge on any atom is 0.135 e. The summed E-state index contributed by atoms with van der Waals surface area (Å²) in [5.74, 6) is 0.263. The van der Waals surface area contributed by atoms with Crippen molar-refractivity contribution in [3.63, 3.8) is 0 Å². The summed E-state index contributed by atoms with van der Waals surface area (Å²) in [5.41, 5.74) is 0. The minimum atomic E-state index is -0.333. The number of hydrogen-bond acceptors (Lipinski definition) is 3. The van der Waals surface area contributed by atoms with Crippen molar-refractivity contribution in [2.75, 3.05) is 0 Å². The molecule has 0 aromatic rings. The number of ether oxygens (including phenoxy) is 1.